The van der Waals surface area contributed by atoms with Gasteiger partial charge in [-0.2, -0.15) is 11.8 Å². The second-order valence-electron chi connectivity index (χ2n) is 4.54. The summed E-state index contributed by atoms with van der Waals surface area (Å²) in [7, 11) is 0. The van der Waals surface area contributed by atoms with Crippen molar-refractivity contribution < 1.29 is 14.7 Å². The van der Waals surface area contributed by atoms with Crippen molar-refractivity contribution in [1.82, 2.24) is 10.2 Å². The number of hydrogen-bond acceptors (Lipinski definition) is 3. The number of carboxylic acid groups (broad SMARTS) is 1. The standard InChI is InChI=1S/C13H22N2O3S/c1-3-9-19-10-7-14-12(18)15-8-5-6-13(15,4-2)11(16)17/h3H,1,4-10H2,2H3,(H,14,18)(H,16,17). The molecule has 1 fully saturated rings. The lowest BCUT2D eigenvalue weighted by Crippen LogP contribution is -2.55. The molecule has 5 nitrogen and oxygen atoms in total. The van der Waals surface area contributed by atoms with Crippen molar-refractivity contribution in [3.8, 4) is 0 Å². The molecular formula is C13H22N2O3S. The molecule has 0 aromatic heterocycles. The third-order valence-electron chi connectivity index (χ3n) is 3.48. The van der Waals surface area contributed by atoms with Crippen LogP contribution < -0.4 is 5.32 Å². The average Bonchev–Trinajstić information content (AvgIpc) is 2.83. The van der Waals surface area contributed by atoms with Gasteiger partial charge < -0.3 is 15.3 Å². The van der Waals surface area contributed by atoms with E-state index < -0.39 is 11.5 Å². The summed E-state index contributed by atoms with van der Waals surface area (Å²) in [5.41, 5.74) is -1.02. The fourth-order valence-electron chi connectivity index (χ4n) is 2.41. The van der Waals surface area contributed by atoms with E-state index in [0.717, 1.165) is 17.9 Å². The highest BCUT2D eigenvalue weighted by atomic mass is 32.2. The number of likely N-dealkylation sites (tertiary alicyclic amines) is 1. The number of thioether (sulfide) groups is 1. The largest absolute Gasteiger partial charge is 0.479 e. The molecule has 2 N–H and O–H groups in total. The third-order valence-corrected chi connectivity index (χ3v) is 4.44. The van der Waals surface area contributed by atoms with Crippen LogP contribution in [0.4, 0.5) is 4.79 Å². The van der Waals surface area contributed by atoms with Crippen LogP contribution in [0.15, 0.2) is 12.7 Å². The molecule has 0 bridgehead atoms. The number of amides is 2. The minimum absolute atomic E-state index is 0.263. The molecule has 1 rings (SSSR count). The number of carboxylic acids is 1. The lowest BCUT2D eigenvalue weighted by Gasteiger charge is -2.33. The lowest BCUT2D eigenvalue weighted by molar-refractivity contribution is -0.148. The smallest absolute Gasteiger partial charge is 0.329 e. The van der Waals surface area contributed by atoms with E-state index >= 15 is 0 Å². The minimum atomic E-state index is -1.02. The molecule has 19 heavy (non-hydrogen) atoms. The molecule has 6 heteroatoms. The molecule has 0 aromatic rings. The van der Waals surface area contributed by atoms with Crippen molar-refractivity contribution in [3.63, 3.8) is 0 Å². The Hall–Kier alpha value is -1.17. The summed E-state index contributed by atoms with van der Waals surface area (Å²) in [6, 6.07) is -0.263. The van der Waals surface area contributed by atoms with E-state index in [2.05, 4.69) is 11.9 Å². The Morgan fingerprint density at radius 1 is 1.58 bits per heavy atom. The van der Waals surface area contributed by atoms with Crippen LogP contribution >= 0.6 is 11.8 Å². The maximum Gasteiger partial charge on any atom is 0.329 e. The van der Waals surface area contributed by atoms with Crippen LogP contribution in [0.1, 0.15) is 26.2 Å². The van der Waals surface area contributed by atoms with Crippen LogP contribution in [-0.4, -0.2) is 52.1 Å². The maximum atomic E-state index is 12.1. The second-order valence-corrected chi connectivity index (χ2v) is 5.69. The van der Waals surface area contributed by atoms with Crippen LogP contribution in [-0.2, 0) is 4.79 Å². The predicted molar refractivity (Wildman–Crippen MR) is 77.5 cm³/mol. The van der Waals surface area contributed by atoms with Gasteiger partial charge in [0.1, 0.15) is 5.54 Å². The SMILES string of the molecule is C=CCSCCNC(=O)N1CCCC1(CC)C(=O)O. The molecule has 1 atom stereocenters. The summed E-state index contributed by atoms with van der Waals surface area (Å²) < 4.78 is 0. The number of aliphatic carboxylic acids is 1. The Bertz CT molecular complexity index is 349. The van der Waals surface area contributed by atoms with Gasteiger partial charge >= 0.3 is 12.0 Å². The predicted octanol–water partition coefficient (Wildman–Crippen LogP) is 1.94. The lowest BCUT2D eigenvalue weighted by atomic mass is 9.93. The number of urea groups is 1. The number of carbonyl (C=O) groups is 2. The summed E-state index contributed by atoms with van der Waals surface area (Å²) in [6.07, 6.45) is 3.55. The zero-order valence-corrected chi connectivity index (χ0v) is 12.2. The molecule has 0 spiro atoms. The Kier molecular flexibility index (Phi) is 6.21. The van der Waals surface area contributed by atoms with Gasteiger partial charge in [0.15, 0.2) is 0 Å². The van der Waals surface area contributed by atoms with Gasteiger partial charge in [-0.1, -0.05) is 13.0 Å². The first-order valence-corrected chi connectivity index (χ1v) is 7.71. The number of carbonyl (C=O) groups excluding carboxylic acids is 1. The minimum Gasteiger partial charge on any atom is -0.479 e. The molecule has 1 aliphatic rings. The molecule has 1 saturated heterocycles. The maximum absolute atomic E-state index is 12.1. The Labute approximate surface area is 118 Å². The second kappa shape index (κ2) is 7.43. The summed E-state index contributed by atoms with van der Waals surface area (Å²) in [5, 5.41) is 12.2. The molecule has 0 aromatic carbocycles. The Morgan fingerprint density at radius 3 is 2.89 bits per heavy atom. The van der Waals surface area contributed by atoms with Gasteiger partial charge in [0, 0.05) is 24.6 Å². The highest BCUT2D eigenvalue weighted by Crippen LogP contribution is 2.32. The van der Waals surface area contributed by atoms with Gasteiger partial charge in [-0.25, -0.2) is 9.59 Å². The van der Waals surface area contributed by atoms with Crippen molar-refractivity contribution in [1.29, 1.82) is 0 Å². The van der Waals surface area contributed by atoms with E-state index in [-0.39, 0.29) is 6.03 Å². The highest BCUT2D eigenvalue weighted by Gasteiger charge is 2.48. The van der Waals surface area contributed by atoms with Gasteiger partial charge in [0.25, 0.3) is 0 Å². The number of hydrogen-bond donors (Lipinski definition) is 2. The van der Waals surface area contributed by atoms with E-state index in [0.29, 0.717) is 25.9 Å². The van der Waals surface area contributed by atoms with Crippen molar-refractivity contribution in [2.75, 3.05) is 24.6 Å². The molecular weight excluding hydrogens is 264 g/mol. The fourth-order valence-corrected chi connectivity index (χ4v) is 2.99. The van der Waals surface area contributed by atoms with Gasteiger partial charge in [0.2, 0.25) is 0 Å². The van der Waals surface area contributed by atoms with Crippen LogP contribution in [0.3, 0.4) is 0 Å². The normalized spacial score (nSPS) is 22.3. The molecule has 2 amide bonds. The molecule has 1 unspecified atom stereocenters. The summed E-state index contributed by atoms with van der Waals surface area (Å²) in [6.45, 7) is 6.51. The van der Waals surface area contributed by atoms with Crippen molar-refractivity contribution in [2.24, 2.45) is 0 Å². The highest BCUT2D eigenvalue weighted by molar-refractivity contribution is 7.99. The van der Waals surface area contributed by atoms with E-state index in [1.54, 1.807) is 11.8 Å². The van der Waals surface area contributed by atoms with E-state index in [9.17, 15) is 14.7 Å². The van der Waals surface area contributed by atoms with Crippen LogP contribution in [0.2, 0.25) is 0 Å². The first kappa shape index (κ1) is 15.9. The number of rotatable bonds is 7. The zero-order chi connectivity index (χ0) is 14.3. The Balaban J connectivity index is 2.51. The quantitative estimate of drug-likeness (QED) is 0.554. The van der Waals surface area contributed by atoms with Gasteiger partial charge in [-0.3, -0.25) is 0 Å². The molecule has 1 heterocycles. The van der Waals surface area contributed by atoms with Crippen LogP contribution in [0, 0.1) is 0 Å². The third kappa shape index (κ3) is 3.65. The number of nitrogens with one attached hydrogen (secondary N) is 1. The van der Waals surface area contributed by atoms with Crippen LogP contribution in [0.25, 0.3) is 0 Å². The average molecular weight is 286 g/mol. The Morgan fingerprint density at radius 2 is 2.32 bits per heavy atom. The summed E-state index contributed by atoms with van der Waals surface area (Å²) in [4.78, 5) is 25.0. The van der Waals surface area contributed by atoms with E-state index in [1.165, 1.54) is 4.90 Å². The fraction of sp³-hybridized carbons (Fsp3) is 0.692. The topological polar surface area (TPSA) is 69.6 Å². The van der Waals surface area contributed by atoms with Crippen LogP contribution in [0.5, 0.6) is 0 Å². The first-order chi connectivity index (χ1) is 9.08. The van der Waals surface area contributed by atoms with Gasteiger partial charge in [-0.05, 0) is 19.3 Å². The first-order valence-electron chi connectivity index (χ1n) is 6.56. The summed E-state index contributed by atoms with van der Waals surface area (Å²) in [5.74, 6) is 0.759. The molecule has 0 radical (unpaired) electrons. The van der Waals surface area contributed by atoms with Gasteiger partial charge in [0.05, 0.1) is 0 Å². The molecule has 108 valence electrons. The van der Waals surface area contributed by atoms with Crippen molar-refractivity contribution in [2.45, 2.75) is 31.7 Å². The van der Waals surface area contributed by atoms with E-state index in [1.807, 2.05) is 13.0 Å². The molecule has 1 aliphatic heterocycles. The van der Waals surface area contributed by atoms with Crippen molar-refractivity contribution >= 4 is 23.8 Å². The monoisotopic (exact) mass is 286 g/mol. The summed E-state index contributed by atoms with van der Waals surface area (Å²) >= 11 is 1.68. The zero-order valence-electron chi connectivity index (χ0n) is 11.4. The molecule has 0 aliphatic carbocycles. The number of nitrogens with zero attached hydrogens (tertiary/aromatic N) is 1. The molecule has 0 saturated carbocycles. The van der Waals surface area contributed by atoms with E-state index in [4.69, 9.17) is 0 Å². The van der Waals surface area contributed by atoms with Gasteiger partial charge in [-0.15, -0.1) is 6.58 Å². The van der Waals surface area contributed by atoms with Crippen molar-refractivity contribution in [3.05, 3.63) is 12.7 Å².